The molecule has 20 heavy (non-hydrogen) atoms. The van der Waals surface area contributed by atoms with Crippen LogP contribution in [-0.4, -0.2) is 33.7 Å². The van der Waals surface area contributed by atoms with Crippen LogP contribution in [0.2, 0.25) is 0 Å². The monoisotopic (exact) mass is 298 g/mol. The van der Waals surface area contributed by atoms with Crippen molar-refractivity contribution in [1.82, 2.24) is 5.32 Å². The van der Waals surface area contributed by atoms with Gasteiger partial charge in [-0.05, 0) is 5.56 Å². The van der Waals surface area contributed by atoms with Crippen LogP contribution in [0.15, 0.2) is 24.3 Å². The highest BCUT2D eigenvalue weighted by atomic mass is 32.2. The second-order valence-electron chi connectivity index (χ2n) is 4.03. The zero-order valence-electron chi connectivity index (χ0n) is 10.7. The first-order chi connectivity index (χ1) is 9.40. The fraction of sp³-hybridized carbons (Fsp3) is 0.333. The fourth-order valence-corrected chi connectivity index (χ4v) is 2.47. The SMILES string of the molecule is CC(=O)NC(CSCc1cccc([N+](=O)[O-])c1)C(=O)O. The van der Waals surface area contributed by atoms with Crippen LogP contribution in [0.25, 0.3) is 0 Å². The zero-order chi connectivity index (χ0) is 15.1. The molecule has 0 spiro atoms. The number of hydrogen-bond donors (Lipinski definition) is 2. The van der Waals surface area contributed by atoms with Gasteiger partial charge in [0.25, 0.3) is 5.69 Å². The van der Waals surface area contributed by atoms with E-state index in [4.69, 9.17) is 5.11 Å². The van der Waals surface area contributed by atoms with Gasteiger partial charge in [0.15, 0.2) is 0 Å². The van der Waals surface area contributed by atoms with Crippen molar-refractivity contribution in [3.05, 3.63) is 39.9 Å². The molecule has 0 radical (unpaired) electrons. The predicted octanol–water partition coefficient (Wildman–Crippen LogP) is 1.42. The maximum atomic E-state index is 10.9. The lowest BCUT2D eigenvalue weighted by Crippen LogP contribution is -2.41. The Morgan fingerprint density at radius 3 is 2.75 bits per heavy atom. The average Bonchev–Trinajstić information content (AvgIpc) is 2.37. The number of thioether (sulfide) groups is 1. The Hall–Kier alpha value is -2.09. The van der Waals surface area contributed by atoms with Crippen molar-refractivity contribution in [2.45, 2.75) is 18.7 Å². The molecule has 0 saturated carbocycles. The van der Waals surface area contributed by atoms with Gasteiger partial charge in [0.2, 0.25) is 5.91 Å². The summed E-state index contributed by atoms with van der Waals surface area (Å²) in [7, 11) is 0. The normalized spacial score (nSPS) is 11.7. The molecular weight excluding hydrogens is 284 g/mol. The van der Waals surface area contributed by atoms with Gasteiger partial charge in [0.05, 0.1) is 4.92 Å². The third-order valence-corrected chi connectivity index (χ3v) is 3.46. The van der Waals surface area contributed by atoms with Crippen LogP contribution in [0.5, 0.6) is 0 Å². The topological polar surface area (TPSA) is 110 Å². The molecule has 0 aromatic heterocycles. The summed E-state index contributed by atoms with van der Waals surface area (Å²) >= 11 is 1.29. The van der Waals surface area contributed by atoms with Crippen LogP contribution in [0.3, 0.4) is 0 Å². The maximum absolute atomic E-state index is 10.9. The lowest BCUT2D eigenvalue weighted by Gasteiger charge is -2.12. The molecule has 7 nitrogen and oxygen atoms in total. The third-order valence-electron chi connectivity index (χ3n) is 2.35. The number of amides is 1. The van der Waals surface area contributed by atoms with Crippen LogP contribution in [0.1, 0.15) is 12.5 Å². The van der Waals surface area contributed by atoms with E-state index in [1.807, 2.05) is 0 Å². The van der Waals surface area contributed by atoms with Crippen molar-refractivity contribution in [3.8, 4) is 0 Å². The molecule has 2 N–H and O–H groups in total. The van der Waals surface area contributed by atoms with E-state index in [-0.39, 0.29) is 11.4 Å². The van der Waals surface area contributed by atoms with Gasteiger partial charge >= 0.3 is 5.97 Å². The molecule has 0 heterocycles. The minimum atomic E-state index is -1.10. The number of nitrogens with zero attached hydrogens (tertiary/aromatic N) is 1. The minimum Gasteiger partial charge on any atom is -0.480 e. The first-order valence-electron chi connectivity index (χ1n) is 5.71. The molecule has 0 aliphatic carbocycles. The second kappa shape index (κ2) is 7.49. The molecule has 8 heteroatoms. The van der Waals surface area contributed by atoms with Crippen molar-refractivity contribution in [2.24, 2.45) is 0 Å². The van der Waals surface area contributed by atoms with E-state index in [1.165, 1.54) is 30.8 Å². The smallest absolute Gasteiger partial charge is 0.327 e. The number of aliphatic carboxylic acids is 1. The van der Waals surface area contributed by atoms with Crippen molar-refractivity contribution in [2.75, 3.05) is 5.75 Å². The Labute approximate surface area is 119 Å². The number of rotatable bonds is 7. The zero-order valence-corrected chi connectivity index (χ0v) is 11.6. The number of nitro groups is 1. The fourth-order valence-electron chi connectivity index (χ4n) is 1.47. The molecule has 0 saturated heterocycles. The lowest BCUT2D eigenvalue weighted by atomic mass is 10.2. The Morgan fingerprint density at radius 2 is 2.20 bits per heavy atom. The van der Waals surface area contributed by atoms with Crippen LogP contribution in [-0.2, 0) is 15.3 Å². The molecule has 1 unspecified atom stereocenters. The molecule has 0 aliphatic heterocycles. The highest BCUT2D eigenvalue weighted by molar-refractivity contribution is 7.98. The summed E-state index contributed by atoms with van der Waals surface area (Å²) < 4.78 is 0. The van der Waals surface area contributed by atoms with E-state index in [2.05, 4.69) is 5.32 Å². The first-order valence-corrected chi connectivity index (χ1v) is 6.86. The van der Waals surface area contributed by atoms with Crippen molar-refractivity contribution >= 4 is 29.3 Å². The van der Waals surface area contributed by atoms with E-state index in [0.29, 0.717) is 5.75 Å². The van der Waals surface area contributed by atoms with Crippen molar-refractivity contribution < 1.29 is 19.6 Å². The van der Waals surface area contributed by atoms with Gasteiger partial charge in [0.1, 0.15) is 6.04 Å². The van der Waals surface area contributed by atoms with Crippen molar-refractivity contribution in [3.63, 3.8) is 0 Å². The number of benzene rings is 1. The van der Waals surface area contributed by atoms with Gasteiger partial charge in [-0.3, -0.25) is 14.9 Å². The largest absolute Gasteiger partial charge is 0.480 e. The molecular formula is C12H14N2O5S. The van der Waals surface area contributed by atoms with E-state index in [1.54, 1.807) is 12.1 Å². The Balaban J connectivity index is 2.54. The molecule has 1 amide bonds. The summed E-state index contributed by atoms with van der Waals surface area (Å²) in [5.74, 6) is -0.886. The van der Waals surface area contributed by atoms with Crippen LogP contribution < -0.4 is 5.32 Å². The molecule has 1 aromatic rings. The number of nitrogens with one attached hydrogen (secondary N) is 1. The molecule has 0 aliphatic rings. The van der Waals surface area contributed by atoms with Gasteiger partial charge in [-0.15, -0.1) is 0 Å². The summed E-state index contributed by atoms with van der Waals surface area (Å²) in [6.07, 6.45) is 0. The minimum absolute atomic E-state index is 0.000236. The Bertz CT molecular complexity index is 520. The molecule has 1 rings (SSSR count). The predicted molar refractivity (Wildman–Crippen MR) is 74.5 cm³/mol. The summed E-state index contributed by atoms with van der Waals surface area (Å²) in [6.45, 7) is 1.25. The van der Waals surface area contributed by atoms with Crippen LogP contribution >= 0.6 is 11.8 Å². The van der Waals surface area contributed by atoms with Gasteiger partial charge < -0.3 is 10.4 Å². The molecule has 0 fully saturated rings. The first kappa shape index (κ1) is 16.0. The molecule has 1 atom stereocenters. The number of hydrogen-bond acceptors (Lipinski definition) is 5. The number of carbonyl (C=O) groups is 2. The van der Waals surface area contributed by atoms with Gasteiger partial charge in [-0.2, -0.15) is 11.8 Å². The summed E-state index contributed by atoms with van der Waals surface area (Å²) in [5, 5.41) is 21.9. The van der Waals surface area contributed by atoms with Gasteiger partial charge in [0, 0.05) is 30.6 Å². The third kappa shape index (κ3) is 5.27. The number of carboxylic acids is 1. The van der Waals surface area contributed by atoms with E-state index < -0.39 is 22.8 Å². The standard InChI is InChI=1S/C12H14N2O5S/c1-8(15)13-11(12(16)17)7-20-6-9-3-2-4-10(5-9)14(18)19/h2-5,11H,6-7H2,1H3,(H,13,15)(H,16,17). The number of non-ortho nitro benzene ring substituents is 1. The molecule has 108 valence electrons. The number of carboxylic acid groups (broad SMARTS) is 1. The highest BCUT2D eigenvalue weighted by Crippen LogP contribution is 2.18. The van der Waals surface area contributed by atoms with Gasteiger partial charge in [-0.25, -0.2) is 4.79 Å². The van der Waals surface area contributed by atoms with E-state index in [0.717, 1.165) is 5.56 Å². The molecule has 0 bridgehead atoms. The van der Waals surface area contributed by atoms with Crippen molar-refractivity contribution in [1.29, 1.82) is 0 Å². The van der Waals surface area contributed by atoms with Crippen LogP contribution in [0.4, 0.5) is 5.69 Å². The Kier molecular flexibility index (Phi) is 5.98. The maximum Gasteiger partial charge on any atom is 0.327 e. The Morgan fingerprint density at radius 1 is 1.50 bits per heavy atom. The molecule has 1 aromatic carbocycles. The summed E-state index contributed by atoms with van der Waals surface area (Å²) in [4.78, 5) is 31.9. The van der Waals surface area contributed by atoms with E-state index in [9.17, 15) is 19.7 Å². The van der Waals surface area contributed by atoms with Crippen LogP contribution in [0, 0.1) is 10.1 Å². The van der Waals surface area contributed by atoms with Gasteiger partial charge in [-0.1, -0.05) is 12.1 Å². The average molecular weight is 298 g/mol. The quantitative estimate of drug-likeness (QED) is 0.582. The highest BCUT2D eigenvalue weighted by Gasteiger charge is 2.18. The number of nitro benzene ring substituents is 1. The lowest BCUT2D eigenvalue weighted by molar-refractivity contribution is -0.384. The van der Waals surface area contributed by atoms with E-state index >= 15 is 0 Å². The number of carbonyl (C=O) groups excluding carboxylic acids is 1. The second-order valence-corrected chi connectivity index (χ2v) is 5.06. The summed E-state index contributed by atoms with van der Waals surface area (Å²) in [6, 6.07) is 5.19. The summed E-state index contributed by atoms with van der Waals surface area (Å²) in [5.41, 5.74) is 0.732.